The van der Waals surface area contributed by atoms with Crippen LogP contribution in [-0.4, -0.2) is 42.3 Å². The Morgan fingerprint density at radius 1 is 0.833 bits per heavy atom. The van der Waals surface area contributed by atoms with Crippen LogP contribution in [0.25, 0.3) is 10.8 Å². The van der Waals surface area contributed by atoms with Gasteiger partial charge in [0.1, 0.15) is 0 Å². The first-order valence-electron chi connectivity index (χ1n) is 11.5. The number of pyridine rings is 1. The number of aromatic nitrogens is 1. The molecule has 8 heteroatoms. The van der Waals surface area contributed by atoms with Crippen molar-refractivity contribution >= 4 is 50.1 Å². The minimum absolute atomic E-state index is 0.110. The van der Waals surface area contributed by atoms with Crippen molar-refractivity contribution in [1.29, 1.82) is 0 Å². The van der Waals surface area contributed by atoms with Crippen molar-refractivity contribution in [3.63, 3.8) is 0 Å². The lowest BCUT2D eigenvalue weighted by molar-refractivity contribution is -0.120. The number of hydrogen-bond donors (Lipinski definition) is 2. The van der Waals surface area contributed by atoms with Crippen LogP contribution in [-0.2, 0) is 4.79 Å². The number of para-hydroxylation sites is 1. The molecular weight excluding hydrogens is 520 g/mol. The summed E-state index contributed by atoms with van der Waals surface area (Å²) in [7, 11) is 0. The molecule has 0 aliphatic heterocycles. The fourth-order valence-electron chi connectivity index (χ4n) is 3.84. The van der Waals surface area contributed by atoms with E-state index in [0.29, 0.717) is 27.8 Å². The van der Waals surface area contributed by atoms with Crippen LogP contribution < -0.4 is 15.5 Å². The third-order valence-corrected chi connectivity index (χ3v) is 6.03. The molecule has 36 heavy (non-hydrogen) atoms. The summed E-state index contributed by atoms with van der Waals surface area (Å²) in [5.41, 5.74) is 1.71. The smallest absolute Gasteiger partial charge is 0.259 e. The van der Waals surface area contributed by atoms with E-state index in [4.69, 9.17) is 0 Å². The highest BCUT2D eigenvalue weighted by atomic mass is 79.9. The van der Waals surface area contributed by atoms with E-state index in [1.165, 1.54) is 6.20 Å². The number of anilines is 1. The van der Waals surface area contributed by atoms with Crippen LogP contribution in [0.3, 0.4) is 0 Å². The fourth-order valence-corrected chi connectivity index (χ4v) is 4.20. The highest BCUT2D eigenvalue weighted by Crippen LogP contribution is 2.20. The summed E-state index contributed by atoms with van der Waals surface area (Å²) in [5.74, 6) is -0.648. The zero-order valence-corrected chi connectivity index (χ0v) is 21.1. The van der Waals surface area contributed by atoms with Gasteiger partial charge in [0.15, 0.2) is 0 Å². The zero-order chi connectivity index (χ0) is 25.3. The number of amides is 3. The lowest BCUT2D eigenvalue weighted by atomic mass is 10.0. The van der Waals surface area contributed by atoms with Crippen LogP contribution >= 0.6 is 15.9 Å². The van der Waals surface area contributed by atoms with Gasteiger partial charge < -0.3 is 15.5 Å². The second kappa shape index (κ2) is 12.1. The lowest BCUT2D eigenvalue weighted by Gasteiger charge is -2.23. The maximum Gasteiger partial charge on any atom is 0.259 e. The summed E-state index contributed by atoms with van der Waals surface area (Å²) in [5, 5.41) is 7.54. The molecule has 1 aromatic heterocycles. The number of rotatable bonds is 9. The van der Waals surface area contributed by atoms with Gasteiger partial charge in [0.05, 0.1) is 5.56 Å². The Labute approximate surface area is 217 Å². The van der Waals surface area contributed by atoms with Gasteiger partial charge in [-0.05, 0) is 51.0 Å². The molecule has 0 aliphatic carbocycles. The summed E-state index contributed by atoms with van der Waals surface area (Å²) in [4.78, 5) is 43.9. The Bertz CT molecular complexity index is 1370. The van der Waals surface area contributed by atoms with Crippen molar-refractivity contribution in [2.24, 2.45) is 0 Å². The van der Waals surface area contributed by atoms with Gasteiger partial charge in [0.2, 0.25) is 5.91 Å². The van der Waals surface area contributed by atoms with E-state index >= 15 is 0 Å². The van der Waals surface area contributed by atoms with E-state index in [2.05, 4.69) is 31.5 Å². The molecule has 4 rings (SSSR count). The second-order valence-electron chi connectivity index (χ2n) is 8.07. The molecule has 0 fully saturated rings. The van der Waals surface area contributed by atoms with Gasteiger partial charge in [0.25, 0.3) is 11.8 Å². The van der Waals surface area contributed by atoms with Crippen LogP contribution in [0.4, 0.5) is 5.69 Å². The van der Waals surface area contributed by atoms with Gasteiger partial charge in [-0.1, -0.05) is 54.6 Å². The van der Waals surface area contributed by atoms with Crippen LogP contribution in [0.5, 0.6) is 0 Å². The number of nitrogens with zero attached hydrogens (tertiary/aromatic N) is 2. The Morgan fingerprint density at radius 3 is 2.36 bits per heavy atom. The second-order valence-corrected chi connectivity index (χ2v) is 8.98. The number of nitrogens with one attached hydrogen (secondary N) is 2. The van der Waals surface area contributed by atoms with Gasteiger partial charge in [-0.15, -0.1) is 0 Å². The topological polar surface area (TPSA) is 91.4 Å². The number of hydrogen-bond acceptors (Lipinski definition) is 4. The van der Waals surface area contributed by atoms with Crippen LogP contribution in [0.2, 0.25) is 0 Å². The fraction of sp³-hybridized carbons (Fsp3) is 0.143. The minimum atomic E-state index is -0.245. The van der Waals surface area contributed by atoms with E-state index in [-0.39, 0.29) is 37.2 Å². The molecular formula is C28H25BrN4O3. The van der Waals surface area contributed by atoms with Crippen LogP contribution in [0.1, 0.15) is 27.1 Å². The monoisotopic (exact) mass is 544 g/mol. The maximum absolute atomic E-state index is 13.2. The Morgan fingerprint density at radius 2 is 1.56 bits per heavy atom. The average Bonchev–Trinajstić information content (AvgIpc) is 2.91. The Kier molecular flexibility index (Phi) is 8.41. The molecule has 0 spiro atoms. The van der Waals surface area contributed by atoms with Crippen molar-refractivity contribution in [2.75, 3.05) is 24.5 Å². The predicted octanol–water partition coefficient (Wildman–Crippen LogP) is 4.58. The van der Waals surface area contributed by atoms with Gasteiger partial charge in [-0.25, -0.2) is 0 Å². The largest absolute Gasteiger partial charge is 0.354 e. The van der Waals surface area contributed by atoms with Gasteiger partial charge in [-0.3, -0.25) is 19.4 Å². The molecule has 182 valence electrons. The first-order chi connectivity index (χ1) is 17.5. The normalized spacial score (nSPS) is 10.6. The summed E-state index contributed by atoms with van der Waals surface area (Å²) in [6.45, 7) is 0.770. The number of halogens is 1. The Balaban J connectivity index is 1.30. The molecule has 2 N–H and O–H groups in total. The standard InChI is InChI=1S/C28H25BrN4O3/c29-22-17-21(18-30-19-22)28(36)33(23-9-2-1-3-10-23)16-13-26(34)31-14-15-32-27(35)25-12-6-8-20-7-4-5-11-24(20)25/h1-12,17-19H,13-16H2,(H,31,34)(H,32,35). The summed E-state index contributed by atoms with van der Waals surface area (Å²) >= 11 is 3.34. The number of benzene rings is 3. The number of carbonyl (C=O) groups excluding carboxylic acids is 3. The molecule has 0 unspecified atom stereocenters. The van der Waals surface area contributed by atoms with E-state index in [1.807, 2.05) is 66.7 Å². The van der Waals surface area contributed by atoms with Crippen molar-refractivity contribution in [3.8, 4) is 0 Å². The van der Waals surface area contributed by atoms with E-state index in [0.717, 1.165) is 10.8 Å². The molecule has 3 amide bonds. The zero-order valence-electron chi connectivity index (χ0n) is 19.5. The van der Waals surface area contributed by atoms with Crippen molar-refractivity contribution < 1.29 is 14.4 Å². The van der Waals surface area contributed by atoms with Crippen LogP contribution in [0.15, 0.2) is 95.7 Å². The molecule has 0 bridgehead atoms. The number of carbonyl (C=O) groups is 3. The summed E-state index contributed by atoms with van der Waals surface area (Å²) in [6.07, 6.45) is 3.22. The lowest BCUT2D eigenvalue weighted by Crippen LogP contribution is -2.38. The minimum Gasteiger partial charge on any atom is -0.354 e. The molecule has 7 nitrogen and oxygen atoms in total. The van der Waals surface area contributed by atoms with Gasteiger partial charge in [0, 0.05) is 54.2 Å². The Hall–Kier alpha value is -4.04. The summed E-state index contributed by atoms with van der Waals surface area (Å²) < 4.78 is 0.699. The van der Waals surface area contributed by atoms with E-state index in [1.54, 1.807) is 23.2 Å². The third kappa shape index (κ3) is 6.34. The molecule has 0 saturated heterocycles. The van der Waals surface area contributed by atoms with Gasteiger partial charge in [-0.2, -0.15) is 0 Å². The number of fused-ring (bicyclic) bond motifs is 1. The molecule has 0 radical (unpaired) electrons. The van der Waals surface area contributed by atoms with Crippen LogP contribution in [0, 0.1) is 0 Å². The van der Waals surface area contributed by atoms with Crippen molar-refractivity contribution in [2.45, 2.75) is 6.42 Å². The highest BCUT2D eigenvalue weighted by molar-refractivity contribution is 9.10. The van der Waals surface area contributed by atoms with E-state index < -0.39 is 0 Å². The highest BCUT2D eigenvalue weighted by Gasteiger charge is 2.19. The molecule has 0 aliphatic rings. The molecule has 3 aromatic carbocycles. The summed E-state index contributed by atoms with van der Waals surface area (Å²) in [6, 6.07) is 24.2. The van der Waals surface area contributed by atoms with Crippen molar-refractivity contribution in [1.82, 2.24) is 15.6 Å². The molecule has 1 heterocycles. The van der Waals surface area contributed by atoms with Crippen molar-refractivity contribution in [3.05, 3.63) is 107 Å². The third-order valence-electron chi connectivity index (χ3n) is 5.59. The van der Waals surface area contributed by atoms with Gasteiger partial charge >= 0.3 is 0 Å². The molecule has 4 aromatic rings. The SMILES string of the molecule is O=C(CCN(C(=O)c1cncc(Br)c1)c1ccccc1)NCCNC(=O)c1cccc2ccccc12. The quantitative estimate of drug-likeness (QED) is 0.302. The average molecular weight is 545 g/mol. The molecule has 0 saturated carbocycles. The molecule has 0 atom stereocenters. The first kappa shape index (κ1) is 25.1. The maximum atomic E-state index is 13.2. The van der Waals surface area contributed by atoms with E-state index in [9.17, 15) is 14.4 Å². The predicted molar refractivity (Wildman–Crippen MR) is 144 cm³/mol. The first-order valence-corrected chi connectivity index (χ1v) is 12.3.